The number of carbonyl (C=O) groups is 1. The van der Waals surface area contributed by atoms with Gasteiger partial charge in [0.2, 0.25) is 0 Å². The maximum absolute atomic E-state index is 10.6. The van der Waals surface area contributed by atoms with E-state index >= 15 is 0 Å². The molecule has 1 atom stereocenters. The molecule has 3 nitrogen and oxygen atoms in total. The van der Waals surface area contributed by atoms with Gasteiger partial charge in [0.25, 0.3) is 0 Å². The summed E-state index contributed by atoms with van der Waals surface area (Å²) < 4.78 is 5.49. The Hall–Kier alpha value is -1.51. The van der Waals surface area contributed by atoms with Gasteiger partial charge < -0.3 is 9.84 Å². The van der Waals surface area contributed by atoms with Crippen LogP contribution in [-0.4, -0.2) is 17.7 Å². The predicted molar refractivity (Wildman–Crippen MR) is 56.3 cm³/mol. The maximum atomic E-state index is 10.6. The van der Waals surface area contributed by atoms with E-state index in [1.807, 2.05) is 18.2 Å². The van der Waals surface area contributed by atoms with E-state index in [2.05, 4.69) is 6.92 Å². The number of benzene rings is 1. The second-order valence-electron chi connectivity index (χ2n) is 3.83. The molecule has 1 aromatic rings. The summed E-state index contributed by atoms with van der Waals surface area (Å²) in [6.45, 7) is 2.58. The van der Waals surface area contributed by atoms with Crippen LogP contribution in [0.2, 0.25) is 0 Å². The zero-order valence-corrected chi connectivity index (χ0v) is 8.69. The molecule has 3 heteroatoms. The molecule has 0 aromatic heterocycles. The van der Waals surface area contributed by atoms with Crippen LogP contribution >= 0.6 is 0 Å². The Labute approximate surface area is 88.7 Å². The number of hydrogen-bond donors (Lipinski definition) is 1. The molecule has 0 amide bonds. The summed E-state index contributed by atoms with van der Waals surface area (Å²) >= 11 is 0. The molecule has 1 aromatic carbocycles. The van der Waals surface area contributed by atoms with E-state index in [4.69, 9.17) is 9.84 Å². The second kappa shape index (κ2) is 3.93. The minimum atomic E-state index is -0.768. The largest absolute Gasteiger partial charge is 0.493 e. The Morgan fingerprint density at radius 2 is 2.40 bits per heavy atom. The Bertz CT molecular complexity index is 384. The fraction of sp³-hybridized carbons (Fsp3) is 0.417. The molecule has 2 rings (SSSR count). The number of aliphatic carboxylic acids is 1. The van der Waals surface area contributed by atoms with Crippen molar-refractivity contribution in [2.75, 3.05) is 6.61 Å². The van der Waals surface area contributed by atoms with Crippen LogP contribution in [0, 0.1) is 0 Å². The van der Waals surface area contributed by atoms with Crippen molar-refractivity contribution >= 4 is 5.97 Å². The molecular formula is C12H14O3. The molecule has 15 heavy (non-hydrogen) atoms. The van der Waals surface area contributed by atoms with E-state index in [1.165, 1.54) is 5.56 Å². The van der Waals surface area contributed by atoms with Crippen LogP contribution in [0.25, 0.3) is 0 Å². The van der Waals surface area contributed by atoms with Gasteiger partial charge in [-0.1, -0.05) is 19.1 Å². The van der Waals surface area contributed by atoms with Crippen LogP contribution < -0.4 is 4.74 Å². The van der Waals surface area contributed by atoms with Gasteiger partial charge >= 0.3 is 5.97 Å². The molecule has 0 spiro atoms. The highest BCUT2D eigenvalue weighted by molar-refractivity contribution is 5.68. The normalized spacial score (nSPS) is 18.3. The maximum Gasteiger partial charge on any atom is 0.304 e. The van der Waals surface area contributed by atoms with Crippen LogP contribution in [0.3, 0.4) is 0 Å². The minimum absolute atomic E-state index is 0.0170. The Kier molecular flexibility index (Phi) is 2.62. The highest BCUT2D eigenvalue weighted by atomic mass is 16.5. The Morgan fingerprint density at radius 1 is 1.60 bits per heavy atom. The third-order valence-electron chi connectivity index (χ3n) is 2.79. The number of hydrogen-bond acceptors (Lipinski definition) is 2. The number of rotatable bonds is 3. The summed E-state index contributed by atoms with van der Waals surface area (Å²) in [6, 6.07) is 6.05. The molecule has 0 aliphatic carbocycles. The highest BCUT2D eigenvalue weighted by Gasteiger charge is 2.26. The summed E-state index contributed by atoms with van der Waals surface area (Å²) in [5.41, 5.74) is 2.26. The molecule has 1 aliphatic heterocycles. The van der Waals surface area contributed by atoms with E-state index in [0.717, 1.165) is 17.7 Å². The van der Waals surface area contributed by atoms with Gasteiger partial charge in [0.15, 0.2) is 0 Å². The third kappa shape index (κ3) is 1.96. The Morgan fingerprint density at radius 3 is 3.07 bits per heavy atom. The van der Waals surface area contributed by atoms with Crippen molar-refractivity contribution in [2.24, 2.45) is 0 Å². The molecule has 0 fully saturated rings. The number of fused-ring (bicyclic) bond motifs is 1. The smallest absolute Gasteiger partial charge is 0.304 e. The predicted octanol–water partition coefficient (Wildman–Crippen LogP) is 2.20. The summed E-state index contributed by atoms with van der Waals surface area (Å²) in [7, 11) is 0. The van der Waals surface area contributed by atoms with Crippen LogP contribution in [-0.2, 0) is 11.2 Å². The van der Waals surface area contributed by atoms with Gasteiger partial charge in [-0.05, 0) is 18.1 Å². The average Bonchev–Trinajstić information content (AvgIpc) is 2.60. The molecule has 80 valence electrons. The third-order valence-corrected chi connectivity index (χ3v) is 2.79. The van der Waals surface area contributed by atoms with Gasteiger partial charge in [-0.2, -0.15) is 0 Å². The number of carboxylic acids is 1. The monoisotopic (exact) mass is 206 g/mol. The van der Waals surface area contributed by atoms with Crippen molar-refractivity contribution in [2.45, 2.75) is 25.7 Å². The average molecular weight is 206 g/mol. The quantitative estimate of drug-likeness (QED) is 0.824. The lowest BCUT2D eigenvalue weighted by Crippen LogP contribution is -2.07. The topological polar surface area (TPSA) is 46.5 Å². The summed E-state index contributed by atoms with van der Waals surface area (Å²) in [6.07, 6.45) is 1.12. The van der Waals surface area contributed by atoms with E-state index in [1.54, 1.807) is 0 Å². The molecule has 1 aliphatic rings. The van der Waals surface area contributed by atoms with Gasteiger partial charge in [-0.15, -0.1) is 0 Å². The molecule has 1 N–H and O–H groups in total. The lowest BCUT2D eigenvalue weighted by molar-refractivity contribution is -0.137. The van der Waals surface area contributed by atoms with Crippen molar-refractivity contribution in [3.8, 4) is 5.75 Å². The van der Waals surface area contributed by atoms with Crippen LogP contribution in [0.15, 0.2) is 18.2 Å². The van der Waals surface area contributed by atoms with Crippen LogP contribution in [0.1, 0.15) is 30.4 Å². The molecule has 0 unspecified atom stereocenters. The standard InChI is InChI=1S/C12H14O3/c1-2-8-3-4-10-9(6-12(13)14)7-15-11(10)5-8/h3-5,9H,2,6-7H2,1H3,(H,13,14)/t9-/m1/s1. The van der Waals surface area contributed by atoms with Crippen LogP contribution in [0.5, 0.6) is 5.75 Å². The van der Waals surface area contributed by atoms with Crippen molar-refractivity contribution in [1.82, 2.24) is 0 Å². The van der Waals surface area contributed by atoms with Crippen molar-refractivity contribution < 1.29 is 14.6 Å². The van der Waals surface area contributed by atoms with Crippen molar-refractivity contribution in [1.29, 1.82) is 0 Å². The molecule has 0 saturated heterocycles. The number of aryl methyl sites for hydroxylation is 1. The molecule has 0 radical (unpaired) electrons. The first-order valence-corrected chi connectivity index (χ1v) is 5.18. The lowest BCUT2D eigenvalue weighted by Gasteiger charge is -2.05. The van der Waals surface area contributed by atoms with Gasteiger partial charge in [-0.25, -0.2) is 0 Å². The summed E-state index contributed by atoms with van der Waals surface area (Å²) in [5.74, 6) is 0.111. The molecular weight excluding hydrogens is 192 g/mol. The first kappa shape index (κ1) is 10.0. The van der Waals surface area contributed by atoms with E-state index in [9.17, 15) is 4.79 Å². The fourth-order valence-corrected chi connectivity index (χ4v) is 1.92. The zero-order valence-electron chi connectivity index (χ0n) is 8.69. The molecule has 0 saturated carbocycles. The number of carboxylic acid groups (broad SMARTS) is 1. The van der Waals surface area contributed by atoms with Crippen LogP contribution in [0.4, 0.5) is 0 Å². The van der Waals surface area contributed by atoms with Gasteiger partial charge in [0, 0.05) is 11.5 Å². The SMILES string of the molecule is CCc1ccc2c(c1)OC[C@H]2CC(=O)O. The summed E-state index contributed by atoms with van der Waals surface area (Å²) in [5, 5.41) is 8.74. The second-order valence-corrected chi connectivity index (χ2v) is 3.83. The molecule has 1 heterocycles. The van der Waals surface area contributed by atoms with E-state index in [0.29, 0.717) is 6.61 Å². The Balaban J connectivity index is 2.24. The van der Waals surface area contributed by atoms with E-state index < -0.39 is 5.97 Å². The lowest BCUT2D eigenvalue weighted by atomic mass is 9.96. The van der Waals surface area contributed by atoms with Gasteiger partial charge in [0.1, 0.15) is 5.75 Å². The minimum Gasteiger partial charge on any atom is -0.493 e. The first-order chi connectivity index (χ1) is 7.20. The van der Waals surface area contributed by atoms with Gasteiger partial charge in [-0.3, -0.25) is 4.79 Å². The molecule has 0 bridgehead atoms. The fourth-order valence-electron chi connectivity index (χ4n) is 1.92. The van der Waals surface area contributed by atoms with Gasteiger partial charge in [0.05, 0.1) is 13.0 Å². The zero-order chi connectivity index (χ0) is 10.8. The van der Waals surface area contributed by atoms with Crippen molar-refractivity contribution in [3.63, 3.8) is 0 Å². The summed E-state index contributed by atoms with van der Waals surface area (Å²) in [4.78, 5) is 10.6. The van der Waals surface area contributed by atoms with E-state index in [-0.39, 0.29) is 12.3 Å². The highest BCUT2D eigenvalue weighted by Crippen LogP contribution is 2.36. The first-order valence-electron chi connectivity index (χ1n) is 5.18. The van der Waals surface area contributed by atoms with Crippen molar-refractivity contribution in [3.05, 3.63) is 29.3 Å². The number of ether oxygens (including phenoxy) is 1.